The van der Waals surface area contributed by atoms with Crippen molar-refractivity contribution in [2.45, 2.75) is 69.2 Å². The Kier molecular flexibility index (Phi) is 5.30. The predicted molar refractivity (Wildman–Crippen MR) is 87.2 cm³/mol. The van der Waals surface area contributed by atoms with Crippen LogP contribution in [0.3, 0.4) is 0 Å². The number of piperidine rings is 2. The molecule has 2 aliphatic rings. The van der Waals surface area contributed by atoms with Gasteiger partial charge in [-0.2, -0.15) is 8.78 Å². The van der Waals surface area contributed by atoms with Crippen LogP contribution in [0.4, 0.5) is 13.2 Å². The number of hydrogen-bond acceptors (Lipinski definition) is 2. The molecular weight excluding hydrogens is 315 g/mol. The molecule has 0 amide bonds. The van der Waals surface area contributed by atoms with Crippen LogP contribution in [0, 0.1) is 0 Å². The quantitative estimate of drug-likeness (QED) is 0.833. The van der Waals surface area contributed by atoms with Crippen molar-refractivity contribution in [1.82, 2.24) is 4.90 Å². The zero-order valence-corrected chi connectivity index (χ0v) is 13.7. The van der Waals surface area contributed by atoms with E-state index in [0.717, 1.165) is 25.8 Å². The van der Waals surface area contributed by atoms with Crippen molar-refractivity contribution in [2.75, 3.05) is 0 Å². The number of rotatable bonds is 5. The molecule has 2 heterocycles. The molecule has 2 atom stereocenters. The number of benzene rings is 1. The van der Waals surface area contributed by atoms with Crippen LogP contribution >= 0.6 is 0 Å². The first-order valence-electron chi connectivity index (χ1n) is 8.68. The summed E-state index contributed by atoms with van der Waals surface area (Å²) >= 11 is 0. The van der Waals surface area contributed by atoms with E-state index >= 15 is 0 Å². The summed E-state index contributed by atoms with van der Waals surface area (Å²) in [5.74, 6) is -1.39. The first-order valence-corrected chi connectivity index (χ1v) is 8.68. The Hall–Kier alpha value is -1.33. The van der Waals surface area contributed by atoms with E-state index in [1.165, 1.54) is 5.56 Å². The Labute approximate surface area is 141 Å². The monoisotopic (exact) mass is 339 g/mol. The van der Waals surface area contributed by atoms with Gasteiger partial charge in [0.15, 0.2) is 5.83 Å². The fourth-order valence-electron chi connectivity index (χ4n) is 4.31. The molecule has 2 unspecified atom stereocenters. The first kappa shape index (κ1) is 17.5. The summed E-state index contributed by atoms with van der Waals surface area (Å²) < 4.78 is 37.6. The van der Waals surface area contributed by atoms with Gasteiger partial charge in [-0.25, -0.2) is 4.39 Å². The molecule has 1 aromatic rings. The van der Waals surface area contributed by atoms with Crippen LogP contribution < -0.4 is 0 Å². The maximum atomic E-state index is 13.1. The van der Waals surface area contributed by atoms with Gasteiger partial charge < -0.3 is 5.11 Å². The highest BCUT2D eigenvalue weighted by atomic mass is 19.3. The van der Waals surface area contributed by atoms with Crippen LogP contribution in [-0.2, 0) is 6.54 Å². The van der Waals surface area contributed by atoms with E-state index in [1.807, 2.05) is 18.2 Å². The highest BCUT2D eigenvalue weighted by Crippen LogP contribution is 2.42. The molecule has 0 saturated carbocycles. The third-order valence-electron chi connectivity index (χ3n) is 5.47. The summed E-state index contributed by atoms with van der Waals surface area (Å²) in [5, 5.41) is 10.8. The largest absolute Gasteiger partial charge is 0.390 e. The third-order valence-corrected chi connectivity index (χ3v) is 5.47. The molecule has 0 aliphatic carbocycles. The summed E-state index contributed by atoms with van der Waals surface area (Å²) in [7, 11) is 0. The lowest BCUT2D eigenvalue weighted by Gasteiger charge is -2.52. The number of allylic oxidation sites excluding steroid dienone is 1. The molecule has 0 aromatic heterocycles. The second-order valence-corrected chi connectivity index (χ2v) is 7.19. The van der Waals surface area contributed by atoms with Gasteiger partial charge in [0, 0.05) is 25.0 Å². The van der Waals surface area contributed by atoms with Crippen LogP contribution in [0.5, 0.6) is 0 Å². The van der Waals surface area contributed by atoms with E-state index in [4.69, 9.17) is 0 Å². The molecule has 1 N–H and O–H groups in total. The van der Waals surface area contributed by atoms with Crippen LogP contribution in [0.15, 0.2) is 42.2 Å². The molecule has 5 heteroatoms. The lowest BCUT2D eigenvalue weighted by atomic mass is 9.73. The number of aliphatic hydroxyl groups is 1. The van der Waals surface area contributed by atoms with Crippen molar-refractivity contribution >= 4 is 0 Å². The van der Waals surface area contributed by atoms with Crippen molar-refractivity contribution < 1.29 is 18.3 Å². The fraction of sp³-hybridized carbons (Fsp3) is 0.579. The lowest BCUT2D eigenvalue weighted by Crippen LogP contribution is -2.57. The standard InChI is InChI=1S/C19H24F3NO/c20-17(18(21)22)9-10-19(24)11-15-7-4-8-16(12-19)23(15)13-14-5-2-1-3-6-14/h1-3,5-6,15-16,24H,4,7-13H2. The second kappa shape index (κ2) is 7.28. The van der Waals surface area contributed by atoms with Crippen molar-refractivity contribution in [3.05, 3.63) is 47.8 Å². The number of fused-ring (bicyclic) bond motifs is 2. The minimum absolute atomic E-state index is 0.0718. The SMILES string of the molecule is OC1(CCC(F)=C(F)F)CC2CCCC(C1)N2Cc1ccccc1. The van der Waals surface area contributed by atoms with Gasteiger partial charge in [-0.05, 0) is 37.7 Å². The third kappa shape index (κ3) is 4.01. The molecule has 3 rings (SSSR count). The van der Waals surface area contributed by atoms with Gasteiger partial charge in [0.25, 0.3) is 0 Å². The normalized spacial score (nSPS) is 30.2. The molecular formula is C19H24F3NO. The van der Waals surface area contributed by atoms with Gasteiger partial charge >= 0.3 is 6.08 Å². The minimum atomic E-state index is -2.26. The zero-order chi connectivity index (χ0) is 17.2. The Morgan fingerprint density at radius 1 is 1.08 bits per heavy atom. The van der Waals surface area contributed by atoms with E-state index in [-0.39, 0.29) is 24.9 Å². The molecule has 2 aliphatic heterocycles. The minimum Gasteiger partial charge on any atom is -0.390 e. The van der Waals surface area contributed by atoms with Crippen LogP contribution in [0.2, 0.25) is 0 Å². The summed E-state index contributed by atoms with van der Waals surface area (Å²) in [4.78, 5) is 2.44. The molecule has 2 fully saturated rings. The predicted octanol–water partition coefficient (Wildman–Crippen LogP) is 4.79. The smallest absolute Gasteiger partial charge is 0.301 e. The van der Waals surface area contributed by atoms with Gasteiger partial charge in [0.05, 0.1) is 5.60 Å². The van der Waals surface area contributed by atoms with E-state index in [1.54, 1.807) is 0 Å². The van der Waals surface area contributed by atoms with Crippen LogP contribution in [-0.4, -0.2) is 27.7 Å². The average Bonchev–Trinajstić information content (AvgIpc) is 2.55. The fourth-order valence-corrected chi connectivity index (χ4v) is 4.31. The van der Waals surface area contributed by atoms with E-state index in [0.29, 0.717) is 12.8 Å². The van der Waals surface area contributed by atoms with Gasteiger partial charge in [-0.1, -0.05) is 36.8 Å². The molecule has 132 valence electrons. The Morgan fingerprint density at radius 2 is 1.71 bits per heavy atom. The summed E-state index contributed by atoms with van der Waals surface area (Å²) in [5.41, 5.74) is 0.212. The first-order chi connectivity index (χ1) is 11.5. The number of nitrogens with zero attached hydrogens (tertiary/aromatic N) is 1. The topological polar surface area (TPSA) is 23.5 Å². The van der Waals surface area contributed by atoms with Gasteiger partial charge in [0.1, 0.15) is 0 Å². The van der Waals surface area contributed by atoms with Crippen molar-refractivity contribution in [3.8, 4) is 0 Å². The molecule has 2 bridgehead atoms. The maximum Gasteiger partial charge on any atom is 0.301 e. The summed E-state index contributed by atoms with van der Waals surface area (Å²) in [6.45, 7) is 0.847. The molecule has 1 aromatic carbocycles. The van der Waals surface area contributed by atoms with E-state index in [9.17, 15) is 18.3 Å². The zero-order valence-electron chi connectivity index (χ0n) is 13.7. The van der Waals surface area contributed by atoms with Gasteiger partial charge in [0.2, 0.25) is 0 Å². The molecule has 24 heavy (non-hydrogen) atoms. The highest BCUT2D eigenvalue weighted by molar-refractivity contribution is 5.16. The van der Waals surface area contributed by atoms with Gasteiger partial charge in [-0.3, -0.25) is 4.90 Å². The van der Waals surface area contributed by atoms with Crippen molar-refractivity contribution in [3.63, 3.8) is 0 Å². The van der Waals surface area contributed by atoms with Crippen LogP contribution in [0.25, 0.3) is 0 Å². The Bertz CT molecular complexity index is 572. The summed E-state index contributed by atoms with van der Waals surface area (Å²) in [6.07, 6.45) is 1.64. The second-order valence-electron chi connectivity index (χ2n) is 7.19. The number of hydrogen-bond donors (Lipinski definition) is 1. The molecule has 2 saturated heterocycles. The lowest BCUT2D eigenvalue weighted by molar-refractivity contribution is -0.0993. The van der Waals surface area contributed by atoms with Gasteiger partial charge in [-0.15, -0.1) is 0 Å². The Balaban J connectivity index is 1.67. The molecule has 0 spiro atoms. The molecule has 2 nitrogen and oxygen atoms in total. The average molecular weight is 339 g/mol. The van der Waals surface area contributed by atoms with Crippen LogP contribution in [0.1, 0.15) is 50.5 Å². The molecule has 0 radical (unpaired) electrons. The number of halogens is 3. The summed E-state index contributed by atoms with van der Waals surface area (Å²) in [6, 6.07) is 10.7. The van der Waals surface area contributed by atoms with Crippen molar-refractivity contribution in [2.24, 2.45) is 0 Å². The highest BCUT2D eigenvalue weighted by Gasteiger charge is 2.45. The van der Waals surface area contributed by atoms with E-state index in [2.05, 4.69) is 17.0 Å². The maximum absolute atomic E-state index is 13.1. The Morgan fingerprint density at radius 3 is 2.29 bits per heavy atom. The van der Waals surface area contributed by atoms with Crippen molar-refractivity contribution in [1.29, 1.82) is 0 Å². The van der Waals surface area contributed by atoms with E-state index < -0.39 is 17.5 Å².